The summed E-state index contributed by atoms with van der Waals surface area (Å²) in [6, 6.07) is 0. The molecule has 0 amide bonds. The van der Waals surface area contributed by atoms with Crippen LogP contribution in [0.5, 0.6) is 0 Å². The molecule has 1 rings (SSSR count). The molecule has 0 bridgehead atoms. The number of nitrogens with two attached hydrogens (primary N) is 1. The summed E-state index contributed by atoms with van der Waals surface area (Å²) in [5.41, 5.74) is 5.46. The van der Waals surface area contributed by atoms with Gasteiger partial charge < -0.3 is 11.1 Å². The van der Waals surface area contributed by atoms with Crippen molar-refractivity contribution in [1.29, 1.82) is 0 Å². The molecule has 0 aliphatic carbocycles. The van der Waals surface area contributed by atoms with Gasteiger partial charge in [0, 0.05) is 6.54 Å². The van der Waals surface area contributed by atoms with E-state index in [9.17, 15) is 0 Å². The van der Waals surface area contributed by atoms with Gasteiger partial charge in [-0.1, -0.05) is 0 Å². The summed E-state index contributed by atoms with van der Waals surface area (Å²) in [6.45, 7) is 3.10. The minimum Gasteiger partial charge on any atom is -0.330 e. The summed E-state index contributed by atoms with van der Waals surface area (Å²) < 4.78 is 0. The fraction of sp³-hybridized carbons (Fsp3) is 1.00. The first-order chi connectivity index (χ1) is 5.84. The van der Waals surface area contributed by atoms with Crippen LogP contribution >= 0.6 is 0 Å². The predicted octanol–water partition coefficient (Wildman–Crippen LogP) is 0.367. The maximum Gasteiger partial charge on any atom is 0.0594 e. The van der Waals surface area contributed by atoms with Gasteiger partial charge in [0.2, 0.25) is 0 Å². The van der Waals surface area contributed by atoms with Crippen molar-refractivity contribution in [3.05, 3.63) is 0 Å². The van der Waals surface area contributed by atoms with E-state index in [0.717, 1.165) is 19.5 Å². The van der Waals surface area contributed by atoms with Gasteiger partial charge in [0.25, 0.3) is 0 Å². The Morgan fingerprint density at radius 2 is 2.33 bits per heavy atom. The van der Waals surface area contributed by atoms with E-state index in [0.29, 0.717) is 6.17 Å². The van der Waals surface area contributed by atoms with Gasteiger partial charge in [-0.2, -0.15) is 0 Å². The highest BCUT2D eigenvalue weighted by Gasteiger charge is 2.15. The molecule has 3 N–H and O–H groups in total. The van der Waals surface area contributed by atoms with Crippen LogP contribution in [0.4, 0.5) is 0 Å². The molecule has 1 aliphatic heterocycles. The molecule has 0 spiro atoms. The van der Waals surface area contributed by atoms with Crippen molar-refractivity contribution in [3.8, 4) is 0 Å². The van der Waals surface area contributed by atoms with E-state index in [2.05, 4.69) is 17.3 Å². The fourth-order valence-corrected chi connectivity index (χ4v) is 1.71. The average molecular weight is 171 g/mol. The molecule has 1 aliphatic rings. The molecule has 0 aromatic rings. The van der Waals surface area contributed by atoms with Crippen LogP contribution in [0, 0.1) is 0 Å². The van der Waals surface area contributed by atoms with E-state index in [-0.39, 0.29) is 0 Å². The van der Waals surface area contributed by atoms with Gasteiger partial charge in [-0.3, -0.25) is 4.90 Å². The Morgan fingerprint density at radius 3 is 2.92 bits per heavy atom. The first-order valence-electron chi connectivity index (χ1n) is 4.98. The maximum absolute atomic E-state index is 5.46. The van der Waals surface area contributed by atoms with Gasteiger partial charge >= 0.3 is 0 Å². The molecule has 0 aromatic carbocycles. The third-order valence-corrected chi connectivity index (χ3v) is 2.53. The Bertz CT molecular complexity index is 110. The molecule has 0 aromatic heterocycles. The molecule has 1 heterocycles. The van der Waals surface area contributed by atoms with Crippen LogP contribution in [-0.4, -0.2) is 37.7 Å². The lowest BCUT2D eigenvalue weighted by molar-refractivity contribution is 0.170. The zero-order valence-electron chi connectivity index (χ0n) is 8.05. The summed E-state index contributed by atoms with van der Waals surface area (Å²) in [5, 5.41) is 3.51. The van der Waals surface area contributed by atoms with E-state index < -0.39 is 0 Å². The van der Waals surface area contributed by atoms with Gasteiger partial charge in [-0.05, 0) is 45.8 Å². The van der Waals surface area contributed by atoms with Crippen LogP contribution in [0.25, 0.3) is 0 Å². The Hall–Kier alpha value is -0.120. The third-order valence-electron chi connectivity index (χ3n) is 2.53. The van der Waals surface area contributed by atoms with Crippen LogP contribution < -0.4 is 11.1 Å². The van der Waals surface area contributed by atoms with Crippen molar-refractivity contribution in [2.45, 2.75) is 31.8 Å². The second kappa shape index (κ2) is 5.51. The summed E-state index contributed by atoms with van der Waals surface area (Å²) in [5.74, 6) is 0. The van der Waals surface area contributed by atoms with E-state index in [1.54, 1.807) is 0 Å². The highest BCUT2D eigenvalue weighted by molar-refractivity contribution is 4.71. The molecule has 0 radical (unpaired) electrons. The maximum atomic E-state index is 5.46. The summed E-state index contributed by atoms with van der Waals surface area (Å²) >= 11 is 0. The fourth-order valence-electron chi connectivity index (χ4n) is 1.71. The monoisotopic (exact) mass is 171 g/mol. The summed E-state index contributed by atoms with van der Waals surface area (Å²) in [4.78, 5) is 2.38. The minimum atomic E-state index is 0.602. The van der Waals surface area contributed by atoms with E-state index in [4.69, 9.17) is 5.73 Å². The highest BCUT2D eigenvalue weighted by atomic mass is 15.2. The molecule has 1 saturated heterocycles. The lowest BCUT2D eigenvalue weighted by Crippen LogP contribution is -2.46. The highest BCUT2D eigenvalue weighted by Crippen LogP contribution is 2.09. The molecule has 0 saturated carbocycles. The van der Waals surface area contributed by atoms with Crippen LogP contribution in [0.1, 0.15) is 25.7 Å². The van der Waals surface area contributed by atoms with Crippen LogP contribution in [0.3, 0.4) is 0 Å². The average Bonchev–Trinajstić information content (AvgIpc) is 2.15. The van der Waals surface area contributed by atoms with Gasteiger partial charge in [0.1, 0.15) is 0 Å². The molecule has 12 heavy (non-hydrogen) atoms. The van der Waals surface area contributed by atoms with Crippen molar-refractivity contribution < 1.29 is 0 Å². The second-order valence-corrected chi connectivity index (χ2v) is 3.59. The Labute approximate surface area is 75.3 Å². The number of piperidine rings is 1. The van der Waals surface area contributed by atoms with Crippen molar-refractivity contribution in [3.63, 3.8) is 0 Å². The predicted molar refractivity (Wildman–Crippen MR) is 51.9 cm³/mol. The van der Waals surface area contributed by atoms with Gasteiger partial charge in [-0.25, -0.2) is 0 Å². The minimum absolute atomic E-state index is 0.602. The van der Waals surface area contributed by atoms with Gasteiger partial charge in [0.05, 0.1) is 6.17 Å². The molecule has 72 valence electrons. The molecule has 1 atom stereocenters. The third kappa shape index (κ3) is 3.09. The smallest absolute Gasteiger partial charge is 0.0594 e. The van der Waals surface area contributed by atoms with E-state index >= 15 is 0 Å². The standard InChI is InChI=1S/C9H21N3/c1-12(8-4-6-10)9-5-2-3-7-11-9/h9,11H,2-8,10H2,1H3. The zero-order chi connectivity index (χ0) is 8.81. The molecular formula is C9H21N3. The first-order valence-corrected chi connectivity index (χ1v) is 4.98. The Kier molecular flexibility index (Phi) is 4.58. The zero-order valence-corrected chi connectivity index (χ0v) is 8.05. The van der Waals surface area contributed by atoms with Crippen molar-refractivity contribution in [2.75, 3.05) is 26.7 Å². The van der Waals surface area contributed by atoms with E-state index in [1.165, 1.54) is 25.8 Å². The molecular weight excluding hydrogens is 150 g/mol. The van der Waals surface area contributed by atoms with Gasteiger partial charge in [0.15, 0.2) is 0 Å². The lowest BCUT2D eigenvalue weighted by Gasteiger charge is -2.32. The number of rotatable bonds is 4. The number of nitrogens with one attached hydrogen (secondary N) is 1. The lowest BCUT2D eigenvalue weighted by atomic mass is 10.1. The van der Waals surface area contributed by atoms with Gasteiger partial charge in [-0.15, -0.1) is 0 Å². The second-order valence-electron chi connectivity index (χ2n) is 3.59. The quantitative estimate of drug-likeness (QED) is 0.642. The molecule has 1 fully saturated rings. The van der Waals surface area contributed by atoms with Crippen molar-refractivity contribution in [2.24, 2.45) is 5.73 Å². The van der Waals surface area contributed by atoms with Crippen LogP contribution in [0.2, 0.25) is 0 Å². The number of hydrogen-bond acceptors (Lipinski definition) is 3. The molecule has 3 nitrogen and oxygen atoms in total. The SMILES string of the molecule is CN(CCCN)C1CCCCN1. The number of nitrogens with zero attached hydrogens (tertiary/aromatic N) is 1. The Balaban J connectivity index is 2.15. The largest absolute Gasteiger partial charge is 0.330 e. The van der Waals surface area contributed by atoms with E-state index in [1.807, 2.05) is 0 Å². The summed E-state index contributed by atoms with van der Waals surface area (Å²) in [7, 11) is 2.18. The molecule has 3 heteroatoms. The summed E-state index contributed by atoms with van der Waals surface area (Å²) in [6.07, 6.45) is 5.70. The normalized spacial score (nSPS) is 24.8. The van der Waals surface area contributed by atoms with Crippen LogP contribution in [0.15, 0.2) is 0 Å². The van der Waals surface area contributed by atoms with Crippen molar-refractivity contribution >= 4 is 0 Å². The van der Waals surface area contributed by atoms with Crippen LogP contribution in [-0.2, 0) is 0 Å². The number of hydrogen-bond donors (Lipinski definition) is 2. The Morgan fingerprint density at radius 1 is 1.50 bits per heavy atom. The molecule has 1 unspecified atom stereocenters. The first kappa shape index (κ1) is 9.96. The topological polar surface area (TPSA) is 41.3 Å². The van der Waals surface area contributed by atoms with Crippen molar-refractivity contribution in [1.82, 2.24) is 10.2 Å².